The molecule has 3 rings (SSSR count). The quantitative estimate of drug-likeness (QED) is 0.928. The maximum atomic E-state index is 12.2. The van der Waals surface area contributed by atoms with Gasteiger partial charge >= 0.3 is 0 Å². The number of hydrogen-bond acceptors (Lipinski definition) is 4. The van der Waals surface area contributed by atoms with Gasteiger partial charge in [-0.3, -0.25) is 9.59 Å². The fourth-order valence-electron chi connectivity index (χ4n) is 2.97. The molecule has 0 aromatic carbocycles. The van der Waals surface area contributed by atoms with Crippen LogP contribution >= 0.6 is 0 Å². The third-order valence-electron chi connectivity index (χ3n) is 4.36. The zero-order valence-electron chi connectivity index (χ0n) is 13.9. The summed E-state index contributed by atoms with van der Waals surface area (Å²) in [4.78, 5) is 27.9. The highest BCUT2D eigenvalue weighted by molar-refractivity contribution is 6.43. The summed E-state index contributed by atoms with van der Waals surface area (Å²) in [5, 5.41) is 7.96. The molecule has 1 saturated carbocycles. The second kappa shape index (κ2) is 7.38. The van der Waals surface area contributed by atoms with Crippen LogP contribution in [0.25, 0.3) is 6.08 Å². The first kappa shape index (κ1) is 16.4. The van der Waals surface area contributed by atoms with Gasteiger partial charge in [0, 0.05) is 26.1 Å². The van der Waals surface area contributed by atoms with Gasteiger partial charge in [0.2, 0.25) is 5.91 Å². The van der Waals surface area contributed by atoms with Crippen molar-refractivity contribution in [3.63, 3.8) is 0 Å². The van der Waals surface area contributed by atoms with Gasteiger partial charge in [-0.25, -0.2) is 9.99 Å². The monoisotopic (exact) mass is 326 g/mol. The topological polar surface area (TPSA) is 74.7 Å². The summed E-state index contributed by atoms with van der Waals surface area (Å²) in [6.07, 6.45) is 10.8. The van der Waals surface area contributed by atoms with Crippen molar-refractivity contribution in [1.82, 2.24) is 9.99 Å². The Labute approximate surface area is 141 Å². The number of carbonyl (C=O) groups is 2. The van der Waals surface area contributed by atoms with Gasteiger partial charge in [-0.15, -0.1) is 0 Å². The molecule has 1 aliphatic carbocycles. The van der Waals surface area contributed by atoms with Crippen LogP contribution in [-0.4, -0.2) is 34.6 Å². The smallest absolute Gasteiger partial charge is 0.273 e. The molecule has 0 bridgehead atoms. The number of carbonyl (C=O) groups excluding carboxylic acids is 2. The van der Waals surface area contributed by atoms with Crippen molar-refractivity contribution in [2.45, 2.75) is 44.9 Å². The molecule has 6 heteroatoms. The molecule has 6 nitrogen and oxygen atoms in total. The Morgan fingerprint density at radius 3 is 2.62 bits per heavy atom. The summed E-state index contributed by atoms with van der Waals surface area (Å²) in [6, 6.07) is 3.76. The molecule has 1 aliphatic heterocycles. The van der Waals surface area contributed by atoms with E-state index in [0.717, 1.165) is 5.56 Å². The largest absolute Gasteiger partial charge is 0.305 e. The van der Waals surface area contributed by atoms with Crippen LogP contribution in [-0.2, 0) is 9.59 Å². The minimum Gasteiger partial charge on any atom is -0.305 e. The minimum atomic E-state index is -0.305. The van der Waals surface area contributed by atoms with E-state index in [2.05, 4.69) is 21.5 Å². The second-order valence-corrected chi connectivity index (χ2v) is 6.26. The van der Waals surface area contributed by atoms with Crippen molar-refractivity contribution in [2.75, 3.05) is 12.4 Å². The van der Waals surface area contributed by atoms with E-state index in [4.69, 9.17) is 0 Å². The van der Waals surface area contributed by atoms with E-state index in [9.17, 15) is 9.59 Å². The molecule has 24 heavy (non-hydrogen) atoms. The van der Waals surface area contributed by atoms with E-state index in [1.54, 1.807) is 19.3 Å². The predicted octanol–water partition coefficient (Wildman–Crippen LogP) is 2.98. The number of pyridine rings is 1. The van der Waals surface area contributed by atoms with E-state index >= 15 is 0 Å². The van der Waals surface area contributed by atoms with Gasteiger partial charge in [-0.2, -0.15) is 5.10 Å². The fraction of sp³-hybridized carbons (Fsp3) is 0.444. The van der Waals surface area contributed by atoms with Crippen molar-refractivity contribution < 1.29 is 9.59 Å². The number of hydrazone groups is 1. The molecule has 0 atom stereocenters. The van der Waals surface area contributed by atoms with E-state index < -0.39 is 0 Å². The number of nitrogens with one attached hydrogen (secondary N) is 1. The summed E-state index contributed by atoms with van der Waals surface area (Å²) in [7, 11) is 1.56. The van der Waals surface area contributed by atoms with Gasteiger partial charge < -0.3 is 5.32 Å². The van der Waals surface area contributed by atoms with Gasteiger partial charge in [0.25, 0.3) is 5.91 Å². The van der Waals surface area contributed by atoms with Crippen LogP contribution in [0.3, 0.4) is 0 Å². The van der Waals surface area contributed by atoms with E-state index in [1.807, 2.05) is 6.07 Å². The molecular formula is C18H22N4O2. The summed E-state index contributed by atoms with van der Waals surface area (Å²) in [5.41, 5.74) is 2.89. The lowest BCUT2D eigenvalue weighted by Crippen LogP contribution is -2.34. The lowest BCUT2D eigenvalue weighted by molar-refractivity contribution is -0.130. The van der Waals surface area contributed by atoms with Crippen molar-refractivity contribution in [1.29, 1.82) is 0 Å². The lowest BCUT2D eigenvalue weighted by Gasteiger charge is -2.18. The van der Waals surface area contributed by atoms with Crippen LogP contribution in [0.5, 0.6) is 0 Å². The zero-order valence-corrected chi connectivity index (χ0v) is 13.9. The van der Waals surface area contributed by atoms with Gasteiger partial charge in [-0.05, 0) is 43.4 Å². The lowest BCUT2D eigenvalue weighted by atomic mass is 9.94. The van der Waals surface area contributed by atoms with Crippen LogP contribution in [0.15, 0.2) is 29.0 Å². The number of hydrogen-bond donors (Lipinski definition) is 1. The normalized spacial score (nSPS) is 18.2. The van der Waals surface area contributed by atoms with E-state index in [0.29, 0.717) is 24.4 Å². The third kappa shape index (κ3) is 4.07. The zero-order chi connectivity index (χ0) is 16.9. The highest BCUT2D eigenvalue weighted by atomic mass is 16.2. The molecule has 1 aromatic rings. The molecular weight excluding hydrogens is 304 g/mol. The molecule has 0 saturated heterocycles. The van der Waals surface area contributed by atoms with Gasteiger partial charge in [0.15, 0.2) is 0 Å². The molecule has 1 aromatic heterocycles. The molecule has 2 amide bonds. The van der Waals surface area contributed by atoms with Gasteiger partial charge in [0.05, 0.1) is 0 Å². The molecule has 1 fully saturated rings. The summed E-state index contributed by atoms with van der Waals surface area (Å²) in [6.45, 7) is 0. The number of nitrogens with zero attached hydrogens (tertiary/aromatic N) is 3. The fourth-order valence-corrected chi connectivity index (χ4v) is 2.97. The molecule has 2 aliphatic rings. The standard InChI is InChI=1S/C18H22N4O2/c1-22-17(23)10-8-15(21-22)18(24)20-16-9-7-14(12-19-16)11-13-5-3-2-4-6-13/h7,9,11-12H,2-6,8,10H2,1H3,(H,19,20,24). The minimum absolute atomic E-state index is 0.0789. The Kier molecular flexibility index (Phi) is 5.03. The number of allylic oxidation sites excluding steroid dienone is 1. The molecule has 0 radical (unpaired) electrons. The average molecular weight is 326 g/mol. The molecule has 126 valence electrons. The first-order valence-corrected chi connectivity index (χ1v) is 8.43. The Hall–Kier alpha value is -2.50. The highest BCUT2D eigenvalue weighted by Crippen LogP contribution is 2.24. The maximum absolute atomic E-state index is 12.2. The van der Waals surface area contributed by atoms with E-state index in [1.165, 1.54) is 42.7 Å². The number of rotatable bonds is 3. The van der Waals surface area contributed by atoms with Crippen molar-refractivity contribution >= 4 is 29.4 Å². The van der Waals surface area contributed by atoms with Crippen LogP contribution in [0.4, 0.5) is 5.82 Å². The maximum Gasteiger partial charge on any atom is 0.273 e. The number of aromatic nitrogens is 1. The summed E-state index contributed by atoms with van der Waals surface area (Å²) < 4.78 is 0. The van der Waals surface area contributed by atoms with Crippen LogP contribution in [0.1, 0.15) is 50.5 Å². The first-order valence-electron chi connectivity index (χ1n) is 8.43. The average Bonchev–Trinajstić information content (AvgIpc) is 2.60. The Morgan fingerprint density at radius 2 is 1.96 bits per heavy atom. The van der Waals surface area contributed by atoms with Crippen LogP contribution in [0, 0.1) is 0 Å². The Morgan fingerprint density at radius 1 is 1.17 bits per heavy atom. The Balaban J connectivity index is 1.63. The Bertz CT molecular complexity index is 683. The van der Waals surface area contributed by atoms with Crippen molar-refractivity contribution in [2.24, 2.45) is 5.10 Å². The van der Waals surface area contributed by atoms with Crippen LogP contribution in [0.2, 0.25) is 0 Å². The number of amides is 2. The van der Waals surface area contributed by atoms with Gasteiger partial charge in [0.1, 0.15) is 11.5 Å². The predicted molar refractivity (Wildman–Crippen MR) is 93.4 cm³/mol. The second-order valence-electron chi connectivity index (χ2n) is 6.26. The van der Waals surface area contributed by atoms with Crippen molar-refractivity contribution in [3.05, 3.63) is 29.5 Å². The van der Waals surface area contributed by atoms with Crippen LogP contribution < -0.4 is 5.32 Å². The third-order valence-corrected chi connectivity index (χ3v) is 4.36. The first-order chi connectivity index (χ1) is 11.6. The SMILES string of the molecule is CN1N=C(C(=O)Nc2ccc(C=C3CCCCC3)cn2)CCC1=O. The van der Waals surface area contributed by atoms with E-state index in [-0.39, 0.29) is 11.8 Å². The number of anilines is 1. The molecule has 2 heterocycles. The molecule has 0 unspecified atom stereocenters. The molecule has 1 N–H and O–H groups in total. The summed E-state index contributed by atoms with van der Waals surface area (Å²) in [5.74, 6) is 0.109. The van der Waals surface area contributed by atoms with Gasteiger partial charge in [-0.1, -0.05) is 18.1 Å². The van der Waals surface area contributed by atoms with Crippen molar-refractivity contribution in [3.8, 4) is 0 Å². The highest BCUT2D eigenvalue weighted by Gasteiger charge is 2.22. The summed E-state index contributed by atoms with van der Waals surface area (Å²) >= 11 is 0. The molecule has 0 spiro atoms.